The Bertz CT molecular complexity index is 767. The summed E-state index contributed by atoms with van der Waals surface area (Å²) in [6, 6.07) is 7.70. The molecule has 166 valence electrons. The smallest absolute Gasteiger partial charge is 0.115 e. The summed E-state index contributed by atoms with van der Waals surface area (Å²) in [4.78, 5) is 0. The fourth-order valence-electron chi connectivity index (χ4n) is 4.80. The fraction of sp³-hybridized carbons (Fsp3) is 0.556. The molecule has 0 heterocycles. The number of benzene rings is 1. The molecule has 2 nitrogen and oxygen atoms in total. The van der Waals surface area contributed by atoms with Crippen LogP contribution in [0.4, 0.5) is 0 Å². The van der Waals surface area contributed by atoms with E-state index in [1.54, 1.807) is 0 Å². The molecule has 0 bridgehead atoms. The molecule has 0 aliphatic heterocycles. The molecule has 1 aliphatic carbocycles. The van der Waals surface area contributed by atoms with Gasteiger partial charge in [-0.1, -0.05) is 76.8 Å². The largest absolute Gasteiger partial charge is 0.508 e. The van der Waals surface area contributed by atoms with Crippen LogP contribution >= 0.6 is 11.6 Å². The van der Waals surface area contributed by atoms with Crippen molar-refractivity contribution in [3.63, 3.8) is 0 Å². The number of rotatable bonds is 11. The van der Waals surface area contributed by atoms with E-state index in [0.717, 1.165) is 75.5 Å². The topological polar surface area (TPSA) is 29.5 Å². The maximum Gasteiger partial charge on any atom is 0.115 e. The molecule has 1 aromatic carbocycles. The number of hydrogen-bond acceptors (Lipinski definition) is 2. The van der Waals surface area contributed by atoms with Crippen LogP contribution in [0.25, 0.3) is 6.08 Å². The Kier molecular flexibility index (Phi) is 10.0. The monoisotopic (exact) mass is 430 g/mol. The molecule has 3 heteroatoms. The van der Waals surface area contributed by atoms with Crippen molar-refractivity contribution in [1.82, 2.24) is 0 Å². The highest BCUT2D eigenvalue weighted by atomic mass is 35.5. The highest BCUT2D eigenvalue weighted by molar-refractivity contribution is 6.30. The first-order valence-electron chi connectivity index (χ1n) is 11.7. The molecule has 1 aromatic rings. The Balaban J connectivity index is 2.46. The third-order valence-electron chi connectivity index (χ3n) is 5.89. The Hall–Kier alpha value is -1.67. The van der Waals surface area contributed by atoms with E-state index in [-0.39, 0.29) is 5.41 Å². The molecule has 0 unspecified atom stereocenters. The van der Waals surface area contributed by atoms with Gasteiger partial charge in [-0.3, -0.25) is 0 Å². The van der Waals surface area contributed by atoms with Gasteiger partial charge in [-0.05, 0) is 73.4 Å². The zero-order valence-corrected chi connectivity index (χ0v) is 20.0. The lowest BCUT2D eigenvalue weighted by Gasteiger charge is -2.42. The van der Waals surface area contributed by atoms with Crippen molar-refractivity contribution in [2.45, 2.75) is 85.5 Å². The van der Waals surface area contributed by atoms with Crippen molar-refractivity contribution >= 4 is 17.7 Å². The molecule has 0 saturated carbocycles. The predicted octanol–water partition coefficient (Wildman–Crippen LogP) is 9.03. The van der Waals surface area contributed by atoms with Gasteiger partial charge in [0, 0.05) is 10.4 Å². The number of allylic oxidation sites excluding steroid dienone is 4. The number of hydrogen-bond donors (Lipinski definition) is 1. The van der Waals surface area contributed by atoms with Crippen LogP contribution in [-0.2, 0) is 4.74 Å². The second kappa shape index (κ2) is 12.2. The van der Waals surface area contributed by atoms with Gasteiger partial charge in [0.2, 0.25) is 0 Å². The number of halogens is 1. The van der Waals surface area contributed by atoms with Crippen molar-refractivity contribution < 1.29 is 9.84 Å². The predicted molar refractivity (Wildman–Crippen MR) is 130 cm³/mol. The van der Waals surface area contributed by atoms with Crippen molar-refractivity contribution in [1.29, 1.82) is 0 Å². The van der Waals surface area contributed by atoms with Crippen LogP contribution in [0, 0.1) is 5.41 Å². The van der Waals surface area contributed by atoms with E-state index < -0.39 is 0 Å². The molecular formula is C27H39ClO2. The van der Waals surface area contributed by atoms with Crippen molar-refractivity contribution in [2.75, 3.05) is 6.61 Å². The van der Waals surface area contributed by atoms with Gasteiger partial charge in [0.15, 0.2) is 0 Å². The summed E-state index contributed by atoms with van der Waals surface area (Å²) in [7, 11) is 0. The van der Waals surface area contributed by atoms with Crippen molar-refractivity contribution in [3.8, 4) is 0 Å². The average molecular weight is 431 g/mol. The van der Waals surface area contributed by atoms with Gasteiger partial charge < -0.3 is 9.84 Å². The van der Waals surface area contributed by atoms with E-state index in [9.17, 15) is 5.11 Å². The first kappa shape index (κ1) is 24.6. The van der Waals surface area contributed by atoms with Crippen molar-refractivity contribution in [3.05, 3.63) is 63.6 Å². The van der Waals surface area contributed by atoms with E-state index in [0.29, 0.717) is 10.8 Å². The molecule has 2 rings (SSSR count). The van der Waals surface area contributed by atoms with Gasteiger partial charge in [0.05, 0.1) is 6.61 Å². The average Bonchev–Trinajstić information content (AvgIpc) is 2.72. The first-order chi connectivity index (χ1) is 14.5. The Morgan fingerprint density at radius 2 is 1.83 bits per heavy atom. The SMILES string of the molecule is CCCOC1=C(CCC)C/C(=C(O)/C=C/c2cccc(Cl)c2)CC1(CCC)CCC. The van der Waals surface area contributed by atoms with Gasteiger partial charge in [-0.15, -0.1) is 0 Å². The molecule has 0 saturated heterocycles. The second-order valence-electron chi connectivity index (χ2n) is 8.54. The molecule has 1 N–H and O–H groups in total. The van der Waals surface area contributed by atoms with Crippen LogP contribution in [0.3, 0.4) is 0 Å². The molecule has 0 fully saturated rings. The zero-order valence-electron chi connectivity index (χ0n) is 19.3. The maximum atomic E-state index is 11.0. The van der Waals surface area contributed by atoms with E-state index in [1.807, 2.05) is 36.4 Å². The normalized spacial score (nSPS) is 18.2. The van der Waals surface area contributed by atoms with Crippen LogP contribution < -0.4 is 0 Å². The van der Waals surface area contributed by atoms with Crippen molar-refractivity contribution in [2.24, 2.45) is 5.41 Å². The van der Waals surface area contributed by atoms with Crippen LogP contribution in [-0.4, -0.2) is 11.7 Å². The molecule has 0 radical (unpaired) electrons. The molecule has 1 aliphatic rings. The minimum Gasteiger partial charge on any atom is -0.508 e. The summed E-state index contributed by atoms with van der Waals surface area (Å²) < 4.78 is 6.43. The standard InChI is InChI=1S/C27H39ClO2/c1-5-10-22-19-23(25(29)14-13-21-11-9-12-24(28)18-21)20-27(15-6-2,16-7-3)26(22)30-17-8-4/h9,11-14,18,29H,5-8,10,15-17,19-20H2,1-4H3/b14-13+,25-23+. The first-order valence-corrected chi connectivity index (χ1v) is 12.1. The number of ether oxygens (including phenoxy) is 1. The Morgan fingerprint density at radius 3 is 2.43 bits per heavy atom. The van der Waals surface area contributed by atoms with Crippen LogP contribution in [0.1, 0.15) is 91.0 Å². The van der Waals surface area contributed by atoms with E-state index >= 15 is 0 Å². The summed E-state index contributed by atoms with van der Waals surface area (Å²) >= 11 is 6.10. The lowest BCUT2D eigenvalue weighted by Crippen LogP contribution is -2.31. The summed E-state index contributed by atoms with van der Waals surface area (Å²) in [5, 5.41) is 11.7. The molecule has 0 atom stereocenters. The highest BCUT2D eigenvalue weighted by Crippen LogP contribution is 2.51. The quantitative estimate of drug-likeness (QED) is 0.354. The summed E-state index contributed by atoms with van der Waals surface area (Å²) in [5.41, 5.74) is 3.53. The Morgan fingerprint density at radius 1 is 1.10 bits per heavy atom. The lowest BCUT2D eigenvalue weighted by molar-refractivity contribution is 0.0958. The van der Waals surface area contributed by atoms with E-state index in [1.165, 1.54) is 11.3 Å². The van der Waals surface area contributed by atoms with Crippen LogP contribution in [0.15, 0.2) is 53.0 Å². The second-order valence-corrected chi connectivity index (χ2v) is 8.98. The van der Waals surface area contributed by atoms with Gasteiger partial charge in [0.1, 0.15) is 11.5 Å². The summed E-state index contributed by atoms with van der Waals surface area (Å²) in [5.74, 6) is 1.64. The fourth-order valence-corrected chi connectivity index (χ4v) is 5.00. The van der Waals surface area contributed by atoms with Gasteiger partial charge >= 0.3 is 0 Å². The molecule has 0 spiro atoms. The van der Waals surface area contributed by atoms with Gasteiger partial charge in [-0.2, -0.15) is 0 Å². The van der Waals surface area contributed by atoms with E-state index in [4.69, 9.17) is 16.3 Å². The highest BCUT2D eigenvalue weighted by Gasteiger charge is 2.41. The van der Waals surface area contributed by atoms with Crippen LogP contribution in [0.5, 0.6) is 0 Å². The molecule has 0 aromatic heterocycles. The zero-order chi connectivity index (χ0) is 22.0. The molecule has 0 amide bonds. The third-order valence-corrected chi connectivity index (χ3v) is 6.12. The lowest BCUT2D eigenvalue weighted by atomic mass is 9.66. The van der Waals surface area contributed by atoms with Crippen LogP contribution in [0.2, 0.25) is 5.02 Å². The minimum absolute atomic E-state index is 0.00856. The third kappa shape index (κ3) is 6.41. The van der Waals surface area contributed by atoms with Gasteiger partial charge in [-0.25, -0.2) is 0 Å². The number of aliphatic hydroxyl groups excluding tert-OH is 1. The molecule has 30 heavy (non-hydrogen) atoms. The number of aliphatic hydroxyl groups is 1. The maximum absolute atomic E-state index is 11.0. The Labute approximate surface area is 188 Å². The minimum atomic E-state index is 0.00856. The van der Waals surface area contributed by atoms with Gasteiger partial charge in [0.25, 0.3) is 0 Å². The molecular weight excluding hydrogens is 392 g/mol. The van der Waals surface area contributed by atoms with E-state index in [2.05, 4.69) is 27.7 Å². The summed E-state index contributed by atoms with van der Waals surface area (Å²) in [6.07, 6.45) is 13.1. The summed E-state index contributed by atoms with van der Waals surface area (Å²) in [6.45, 7) is 9.68.